The van der Waals surface area contributed by atoms with Crippen LogP contribution >= 0.6 is 0 Å². The molecule has 27 heavy (non-hydrogen) atoms. The van der Waals surface area contributed by atoms with E-state index in [1.54, 1.807) is 25.7 Å². The molecule has 1 N–H and O–H groups in total. The third-order valence-corrected chi connectivity index (χ3v) is 5.68. The first kappa shape index (κ1) is 21.7. The molecule has 7 nitrogen and oxygen atoms in total. The van der Waals surface area contributed by atoms with E-state index in [0.29, 0.717) is 19.4 Å². The summed E-state index contributed by atoms with van der Waals surface area (Å²) in [6, 6.07) is -0.679. The number of hydrogen-bond donors (Lipinski definition) is 1. The Balaban J connectivity index is 2.21. The number of fused-ring (bicyclic) bond motifs is 1. The fourth-order valence-corrected chi connectivity index (χ4v) is 4.37. The lowest BCUT2D eigenvalue weighted by Crippen LogP contribution is -2.48. The van der Waals surface area contributed by atoms with Gasteiger partial charge in [-0.15, -0.1) is 0 Å². The van der Waals surface area contributed by atoms with E-state index in [1.807, 2.05) is 13.8 Å². The summed E-state index contributed by atoms with van der Waals surface area (Å²) < 4.78 is 10.4. The Morgan fingerprint density at radius 3 is 2.33 bits per heavy atom. The van der Waals surface area contributed by atoms with Gasteiger partial charge in [0.1, 0.15) is 6.04 Å². The number of aliphatic hydroxyl groups is 1. The van der Waals surface area contributed by atoms with Gasteiger partial charge >= 0.3 is 11.9 Å². The highest BCUT2D eigenvalue weighted by Gasteiger charge is 2.54. The number of rotatable bonds is 7. The lowest BCUT2D eigenvalue weighted by Gasteiger charge is -2.31. The van der Waals surface area contributed by atoms with Gasteiger partial charge in [0.25, 0.3) is 0 Å². The van der Waals surface area contributed by atoms with Gasteiger partial charge in [0.05, 0.1) is 31.2 Å². The van der Waals surface area contributed by atoms with Gasteiger partial charge < -0.3 is 19.5 Å². The highest BCUT2D eigenvalue weighted by atomic mass is 16.5. The van der Waals surface area contributed by atoms with Crippen LogP contribution in [0, 0.1) is 23.7 Å². The van der Waals surface area contributed by atoms with Crippen LogP contribution in [0.1, 0.15) is 53.9 Å². The maximum atomic E-state index is 13.3. The maximum absolute atomic E-state index is 13.3. The molecule has 1 unspecified atom stereocenters. The van der Waals surface area contributed by atoms with Gasteiger partial charge in [0.15, 0.2) is 0 Å². The molecule has 0 bridgehead atoms. The standard InChI is InChI=1S/C20H33NO6/c1-6-26-20(25)18-13-7-8-16(22)15(13)10-21(18)19(24)14(11(2)3)9-17(23)27-12(4)5/h11-16,18,22H,6-10H2,1-5H3/t13-,14-,15-,16?,18-/m0/s1. The molecule has 0 aromatic carbocycles. The number of aliphatic hydroxyl groups excluding tert-OH is 1. The third-order valence-electron chi connectivity index (χ3n) is 5.68. The fourth-order valence-electron chi connectivity index (χ4n) is 4.37. The lowest BCUT2D eigenvalue weighted by molar-refractivity contribution is -0.158. The quantitative estimate of drug-likeness (QED) is 0.674. The molecular weight excluding hydrogens is 350 g/mol. The molecule has 0 spiro atoms. The number of carbonyl (C=O) groups is 3. The number of carbonyl (C=O) groups excluding carboxylic acids is 3. The summed E-state index contributed by atoms with van der Waals surface area (Å²) in [5.74, 6) is -1.90. The third kappa shape index (κ3) is 4.81. The van der Waals surface area contributed by atoms with Gasteiger partial charge in [0, 0.05) is 12.5 Å². The molecule has 0 aromatic heterocycles. The molecular formula is C20H33NO6. The minimum absolute atomic E-state index is 0.0153. The molecule has 5 atom stereocenters. The van der Waals surface area contributed by atoms with Gasteiger partial charge in [0.2, 0.25) is 5.91 Å². The number of esters is 2. The van der Waals surface area contributed by atoms with Crippen LogP contribution in [0.15, 0.2) is 0 Å². The molecule has 1 amide bonds. The van der Waals surface area contributed by atoms with E-state index in [4.69, 9.17) is 9.47 Å². The number of ether oxygens (including phenoxy) is 2. The smallest absolute Gasteiger partial charge is 0.329 e. The predicted molar refractivity (Wildman–Crippen MR) is 98.5 cm³/mol. The molecule has 1 aliphatic heterocycles. The van der Waals surface area contributed by atoms with E-state index in [9.17, 15) is 19.5 Å². The Bertz CT molecular complexity index is 561. The summed E-state index contributed by atoms with van der Waals surface area (Å²) in [4.78, 5) is 39.5. The molecule has 7 heteroatoms. The van der Waals surface area contributed by atoms with Crippen molar-refractivity contribution in [2.24, 2.45) is 23.7 Å². The second-order valence-corrected chi connectivity index (χ2v) is 8.25. The zero-order valence-electron chi connectivity index (χ0n) is 17.0. The Morgan fingerprint density at radius 2 is 1.78 bits per heavy atom. The SMILES string of the molecule is CCOC(=O)[C@@H]1[C@H]2CCC(O)[C@H]2CN1C(=O)[C@@H](CC(=O)OC(C)C)C(C)C. The molecule has 1 heterocycles. The summed E-state index contributed by atoms with van der Waals surface area (Å²) >= 11 is 0. The molecule has 1 saturated carbocycles. The summed E-state index contributed by atoms with van der Waals surface area (Å²) in [6.07, 6.45) is 0.572. The van der Waals surface area contributed by atoms with Crippen molar-refractivity contribution in [2.45, 2.75) is 72.1 Å². The lowest BCUT2D eigenvalue weighted by atomic mass is 9.90. The van der Waals surface area contributed by atoms with Crippen molar-refractivity contribution < 1.29 is 29.0 Å². The normalized spacial score (nSPS) is 28.4. The number of amides is 1. The molecule has 1 saturated heterocycles. The molecule has 0 radical (unpaired) electrons. The summed E-state index contributed by atoms with van der Waals surface area (Å²) in [6.45, 7) is 9.61. The summed E-state index contributed by atoms with van der Waals surface area (Å²) in [5.41, 5.74) is 0. The summed E-state index contributed by atoms with van der Waals surface area (Å²) in [5, 5.41) is 10.3. The zero-order chi connectivity index (χ0) is 20.3. The van der Waals surface area contributed by atoms with Gasteiger partial charge in [-0.1, -0.05) is 13.8 Å². The minimum atomic E-state index is -0.679. The number of nitrogens with zero attached hydrogens (tertiary/aromatic N) is 1. The Morgan fingerprint density at radius 1 is 1.11 bits per heavy atom. The van der Waals surface area contributed by atoms with Crippen LogP contribution in [0.3, 0.4) is 0 Å². The van der Waals surface area contributed by atoms with E-state index in [-0.39, 0.29) is 42.8 Å². The van der Waals surface area contributed by atoms with Crippen molar-refractivity contribution in [3.8, 4) is 0 Å². The topological polar surface area (TPSA) is 93.1 Å². The zero-order valence-corrected chi connectivity index (χ0v) is 17.0. The van der Waals surface area contributed by atoms with E-state index in [1.165, 1.54) is 0 Å². The number of likely N-dealkylation sites (tertiary alicyclic amines) is 1. The van der Waals surface area contributed by atoms with Gasteiger partial charge in [-0.3, -0.25) is 9.59 Å². The monoisotopic (exact) mass is 383 g/mol. The minimum Gasteiger partial charge on any atom is -0.464 e. The van der Waals surface area contributed by atoms with E-state index >= 15 is 0 Å². The molecule has 2 aliphatic rings. The fraction of sp³-hybridized carbons (Fsp3) is 0.850. The first-order valence-corrected chi connectivity index (χ1v) is 10.0. The number of hydrogen-bond acceptors (Lipinski definition) is 6. The largest absolute Gasteiger partial charge is 0.464 e. The first-order chi connectivity index (χ1) is 12.7. The Labute approximate surface area is 161 Å². The van der Waals surface area contributed by atoms with Gasteiger partial charge in [-0.2, -0.15) is 0 Å². The van der Waals surface area contributed by atoms with Crippen molar-refractivity contribution in [1.82, 2.24) is 4.90 Å². The molecule has 2 rings (SSSR count). The van der Waals surface area contributed by atoms with Crippen LogP contribution in [0.4, 0.5) is 0 Å². The Hall–Kier alpha value is -1.63. The van der Waals surface area contributed by atoms with Crippen LogP contribution in [0.5, 0.6) is 0 Å². The van der Waals surface area contributed by atoms with Crippen molar-refractivity contribution in [2.75, 3.05) is 13.2 Å². The van der Waals surface area contributed by atoms with Crippen molar-refractivity contribution in [1.29, 1.82) is 0 Å². The average molecular weight is 383 g/mol. The second-order valence-electron chi connectivity index (χ2n) is 8.25. The summed E-state index contributed by atoms with van der Waals surface area (Å²) in [7, 11) is 0. The van der Waals surface area contributed by atoms with E-state index < -0.39 is 30.0 Å². The van der Waals surface area contributed by atoms with Gasteiger partial charge in [-0.05, 0) is 45.4 Å². The molecule has 2 fully saturated rings. The Kier molecular flexibility index (Phi) is 7.25. The highest BCUT2D eigenvalue weighted by molar-refractivity contribution is 5.89. The maximum Gasteiger partial charge on any atom is 0.329 e. The van der Waals surface area contributed by atoms with Crippen molar-refractivity contribution >= 4 is 17.8 Å². The molecule has 0 aromatic rings. The van der Waals surface area contributed by atoms with Crippen molar-refractivity contribution in [3.05, 3.63) is 0 Å². The second kappa shape index (κ2) is 9.04. The van der Waals surface area contributed by atoms with Crippen LogP contribution in [-0.4, -0.2) is 59.3 Å². The van der Waals surface area contributed by atoms with Crippen LogP contribution in [-0.2, 0) is 23.9 Å². The first-order valence-electron chi connectivity index (χ1n) is 10.0. The van der Waals surface area contributed by atoms with E-state index in [2.05, 4.69) is 0 Å². The van der Waals surface area contributed by atoms with Gasteiger partial charge in [-0.25, -0.2) is 4.79 Å². The molecule has 1 aliphatic carbocycles. The average Bonchev–Trinajstić information content (AvgIpc) is 3.11. The van der Waals surface area contributed by atoms with Crippen molar-refractivity contribution in [3.63, 3.8) is 0 Å². The van der Waals surface area contributed by atoms with Crippen LogP contribution in [0.25, 0.3) is 0 Å². The van der Waals surface area contributed by atoms with Crippen LogP contribution in [0.2, 0.25) is 0 Å². The van der Waals surface area contributed by atoms with Crippen LogP contribution < -0.4 is 0 Å². The molecule has 154 valence electrons. The predicted octanol–water partition coefficient (Wildman–Crippen LogP) is 1.76. The van der Waals surface area contributed by atoms with E-state index in [0.717, 1.165) is 0 Å². The highest BCUT2D eigenvalue weighted by Crippen LogP contribution is 2.43.